The molecule has 31 heavy (non-hydrogen) atoms. The minimum absolute atomic E-state index is 0.291. The standard InChI is InChI=1S/C20H24O11/c21-7-13-15(25)16(26)17(27)18(31-13)20(29)5-4-10(22)6-9(20)8-30-19(28)14-11(23)2-1-3-12(14)24/h1-6,9,13,15-18,21-27,29H,7-8H2/t9?,13-,15-,16+,17-,18?,20?/m1/s1. The van der Waals surface area contributed by atoms with Gasteiger partial charge >= 0.3 is 5.97 Å². The molecule has 1 saturated heterocycles. The van der Waals surface area contributed by atoms with E-state index < -0.39 is 78.3 Å². The number of aromatic hydroxyl groups is 2. The first-order valence-electron chi connectivity index (χ1n) is 9.41. The van der Waals surface area contributed by atoms with E-state index in [1.807, 2.05) is 0 Å². The number of phenols is 2. The van der Waals surface area contributed by atoms with Crippen molar-refractivity contribution in [3.63, 3.8) is 0 Å². The highest BCUT2D eigenvalue weighted by molar-refractivity contribution is 5.95. The molecule has 1 heterocycles. The van der Waals surface area contributed by atoms with Crippen LogP contribution in [0.15, 0.2) is 42.2 Å². The molecule has 2 aliphatic rings. The third kappa shape index (κ3) is 4.24. The molecular formula is C20H24O11. The highest BCUT2D eigenvalue weighted by atomic mass is 16.6. The Morgan fingerprint density at radius 3 is 2.32 bits per heavy atom. The second-order valence-electron chi connectivity index (χ2n) is 7.44. The average Bonchev–Trinajstić information content (AvgIpc) is 2.73. The fourth-order valence-electron chi connectivity index (χ4n) is 3.68. The van der Waals surface area contributed by atoms with Crippen molar-refractivity contribution in [3.05, 3.63) is 47.7 Å². The van der Waals surface area contributed by atoms with Crippen LogP contribution in [-0.2, 0) is 9.47 Å². The monoisotopic (exact) mass is 440 g/mol. The first kappa shape index (κ1) is 23.0. The minimum atomic E-state index is -2.14. The van der Waals surface area contributed by atoms with Crippen LogP contribution >= 0.6 is 0 Å². The number of carbonyl (C=O) groups excluding carboxylic acids is 1. The molecule has 1 aliphatic carbocycles. The molecule has 0 radical (unpaired) electrons. The van der Waals surface area contributed by atoms with E-state index >= 15 is 0 Å². The Hall–Kier alpha value is -2.67. The first-order chi connectivity index (χ1) is 14.6. The van der Waals surface area contributed by atoms with Gasteiger partial charge in [-0.3, -0.25) is 0 Å². The van der Waals surface area contributed by atoms with Crippen molar-refractivity contribution >= 4 is 5.97 Å². The molecule has 8 N–H and O–H groups in total. The highest BCUT2D eigenvalue weighted by Gasteiger charge is 2.54. The number of ether oxygens (including phenoxy) is 2. The summed E-state index contributed by atoms with van der Waals surface area (Å²) >= 11 is 0. The van der Waals surface area contributed by atoms with Gasteiger partial charge in [-0.2, -0.15) is 0 Å². The lowest BCUT2D eigenvalue weighted by Gasteiger charge is -2.48. The Morgan fingerprint density at radius 2 is 1.71 bits per heavy atom. The van der Waals surface area contributed by atoms with Crippen LogP contribution in [0.25, 0.3) is 0 Å². The SMILES string of the molecule is O=C(OCC1C=C(O)C=CC1(O)C1O[C@H](CO)[C@@H](O)[C@H](O)[C@H]1O)c1c(O)cccc1O. The van der Waals surface area contributed by atoms with Gasteiger partial charge in [-0.25, -0.2) is 4.79 Å². The summed E-state index contributed by atoms with van der Waals surface area (Å²) in [6.45, 7) is -1.30. The van der Waals surface area contributed by atoms with Crippen molar-refractivity contribution in [1.29, 1.82) is 0 Å². The summed E-state index contributed by atoms with van der Waals surface area (Å²) in [5.74, 6) is -3.68. The quantitative estimate of drug-likeness (QED) is 0.247. The predicted octanol–water partition coefficient (Wildman–Crippen LogP) is -1.54. The van der Waals surface area contributed by atoms with E-state index in [1.165, 1.54) is 6.07 Å². The smallest absolute Gasteiger partial charge is 0.345 e. The summed E-state index contributed by atoms with van der Waals surface area (Å²) in [5, 5.41) is 80.5. The maximum Gasteiger partial charge on any atom is 0.345 e. The number of hydrogen-bond acceptors (Lipinski definition) is 11. The third-order valence-corrected chi connectivity index (χ3v) is 5.45. The minimum Gasteiger partial charge on any atom is -0.508 e. The van der Waals surface area contributed by atoms with Gasteiger partial charge in [0.1, 0.15) is 65.5 Å². The van der Waals surface area contributed by atoms with Crippen LogP contribution in [0.4, 0.5) is 0 Å². The van der Waals surface area contributed by atoms with E-state index in [1.54, 1.807) is 0 Å². The maximum absolute atomic E-state index is 12.3. The van der Waals surface area contributed by atoms with Gasteiger partial charge in [-0.15, -0.1) is 0 Å². The summed E-state index contributed by atoms with van der Waals surface area (Å²) in [4.78, 5) is 12.3. The molecule has 1 aromatic rings. The van der Waals surface area contributed by atoms with Crippen LogP contribution in [0, 0.1) is 5.92 Å². The Labute approximate surface area is 176 Å². The molecular weight excluding hydrogens is 416 g/mol. The number of rotatable bonds is 5. The molecule has 170 valence electrons. The fourth-order valence-corrected chi connectivity index (χ4v) is 3.68. The first-order valence-corrected chi connectivity index (χ1v) is 9.41. The second-order valence-corrected chi connectivity index (χ2v) is 7.44. The summed E-state index contributed by atoms with van der Waals surface area (Å²) in [6.07, 6.45) is -4.75. The van der Waals surface area contributed by atoms with Crippen LogP contribution in [0.1, 0.15) is 10.4 Å². The number of aliphatic hydroxyl groups excluding tert-OH is 5. The van der Waals surface area contributed by atoms with Crippen molar-refractivity contribution < 1.29 is 55.1 Å². The normalized spacial score (nSPS) is 35.5. The lowest BCUT2D eigenvalue weighted by molar-refractivity contribution is -0.268. The Balaban J connectivity index is 1.84. The zero-order chi connectivity index (χ0) is 22.9. The van der Waals surface area contributed by atoms with Crippen LogP contribution in [0.3, 0.4) is 0 Å². The van der Waals surface area contributed by atoms with Crippen molar-refractivity contribution in [1.82, 2.24) is 0 Å². The van der Waals surface area contributed by atoms with E-state index in [9.17, 15) is 45.6 Å². The van der Waals surface area contributed by atoms with Crippen LogP contribution in [-0.4, -0.2) is 96.2 Å². The number of allylic oxidation sites excluding steroid dienone is 1. The molecule has 0 amide bonds. The van der Waals surface area contributed by atoms with E-state index in [0.717, 1.165) is 30.4 Å². The summed E-state index contributed by atoms with van der Waals surface area (Å²) in [5.41, 5.74) is -2.64. The molecule has 0 aromatic heterocycles. The molecule has 0 saturated carbocycles. The van der Waals surface area contributed by atoms with Crippen molar-refractivity contribution in [2.75, 3.05) is 13.2 Å². The Kier molecular flexibility index (Phi) is 6.55. The maximum atomic E-state index is 12.3. The number of benzene rings is 1. The zero-order valence-electron chi connectivity index (χ0n) is 16.1. The van der Waals surface area contributed by atoms with E-state index in [4.69, 9.17) is 9.47 Å². The molecule has 11 heteroatoms. The number of phenolic OH excluding ortho intramolecular Hbond substituents is 2. The van der Waals surface area contributed by atoms with Gasteiger partial charge in [0.15, 0.2) is 0 Å². The van der Waals surface area contributed by atoms with Crippen LogP contribution < -0.4 is 0 Å². The number of carbonyl (C=O) groups is 1. The third-order valence-electron chi connectivity index (χ3n) is 5.45. The molecule has 1 aliphatic heterocycles. The largest absolute Gasteiger partial charge is 0.508 e. The van der Waals surface area contributed by atoms with Crippen LogP contribution in [0.5, 0.6) is 11.5 Å². The molecule has 3 rings (SSSR count). The summed E-state index contributed by atoms with van der Waals surface area (Å²) in [7, 11) is 0. The Bertz CT molecular complexity index is 860. The summed E-state index contributed by atoms with van der Waals surface area (Å²) in [6, 6.07) is 3.64. The summed E-state index contributed by atoms with van der Waals surface area (Å²) < 4.78 is 10.5. The average molecular weight is 440 g/mol. The molecule has 0 spiro atoms. The van der Waals surface area contributed by atoms with Gasteiger partial charge in [0, 0.05) is 0 Å². The Morgan fingerprint density at radius 1 is 1.06 bits per heavy atom. The van der Waals surface area contributed by atoms with E-state index in [2.05, 4.69) is 0 Å². The lowest BCUT2D eigenvalue weighted by atomic mass is 9.75. The van der Waals surface area contributed by atoms with Gasteiger partial charge in [-0.05, 0) is 30.4 Å². The van der Waals surface area contributed by atoms with E-state index in [0.29, 0.717) is 0 Å². The van der Waals surface area contributed by atoms with Gasteiger partial charge in [-0.1, -0.05) is 6.07 Å². The van der Waals surface area contributed by atoms with Crippen molar-refractivity contribution in [3.8, 4) is 11.5 Å². The van der Waals surface area contributed by atoms with Crippen LogP contribution in [0.2, 0.25) is 0 Å². The second kappa shape index (κ2) is 8.83. The molecule has 0 bridgehead atoms. The van der Waals surface area contributed by atoms with Crippen molar-refractivity contribution in [2.45, 2.75) is 36.1 Å². The van der Waals surface area contributed by atoms with Crippen molar-refractivity contribution in [2.24, 2.45) is 5.92 Å². The van der Waals surface area contributed by atoms with Gasteiger partial charge in [0.25, 0.3) is 0 Å². The van der Waals surface area contributed by atoms with Gasteiger partial charge in [0.2, 0.25) is 0 Å². The number of hydrogen-bond donors (Lipinski definition) is 8. The number of esters is 1. The zero-order valence-corrected chi connectivity index (χ0v) is 16.1. The fraction of sp³-hybridized carbons (Fsp3) is 0.450. The molecule has 3 unspecified atom stereocenters. The molecule has 1 aromatic carbocycles. The highest BCUT2D eigenvalue weighted by Crippen LogP contribution is 2.38. The molecule has 1 fully saturated rings. The van der Waals surface area contributed by atoms with E-state index in [-0.39, 0.29) is 5.76 Å². The van der Waals surface area contributed by atoms with Gasteiger partial charge < -0.3 is 50.3 Å². The predicted molar refractivity (Wildman–Crippen MR) is 102 cm³/mol. The molecule has 7 atom stereocenters. The lowest BCUT2D eigenvalue weighted by Crippen LogP contribution is -2.66. The topological polar surface area (TPSA) is 197 Å². The number of aliphatic hydroxyl groups is 6. The van der Waals surface area contributed by atoms with Gasteiger partial charge in [0.05, 0.1) is 12.5 Å². The molecule has 11 nitrogen and oxygen atoms in total.